The summed E-state index contributed by atoms with van der Waals surface area (Å²) in [5, 5.41) is 2.33. The summed E-state index contributed by atoms with van der Waals surface area (Å²) in [6, 6.07) is 41.3. The quantitative estimate of drug-likeness (QED) is 0.244. The SMILES string of the molecule is c1ccc(-c2nc(-c3ccccc3)nc(-c3cccc4c5cccc6c5n(c34)c3nc4ccccc4n63)n2)cc1. The molecular formula is C34H20N6. The summed E-state index contributed by atoms with van der Waals surface area (Å²) in [5.74, 6) is 2.81. The molecule has 0 aliphatic heterocycles. The van der Waals surface area contributed by atoms with Gasteiger partial charge in [-0.1, -0.05) is 97.1 Å². The summed E-state index contributed by atoms with van der Waals surface area (Å²) in [5.41, 5.74) is 8.23. The van der Waals surface area contributed by atoms with Gasteiger partial charge in [0.25, 0.3) is 0 Å². The molecule has 9 rings (SSSR count). The molecule has 0 bridgehead atoms. The fourth-order valence-corrected chi connectivity index (χ4v) is 5.99. The summed E-state index contributed by atoms with van der Waals surface area (Å²) < 4.78 is 4.54. The van der Waals surface area contributed by atoms with E-state index in [1.807, 2.05) is 66.7 Å². The van der Waals surface area contributed by atoms with Crippen molar-refractivity contribution >= 4 is 44.1 Å². The summed E-state index contributed by atoms with van der Waals surface area (Å²) in [6.45, 7) is 0. The van der Waals surface area contributed by atoms with Gasteiger partial charge in [0.05, 0.1) is 27.6 Å². The molecule has 0 unspecified atom stereocenters. The van der Waals surface area contributed by atoms with E-state index in [1.165, 1.54) is 5.39 Å². The summed E-state index contributed by atoms with van der Waals surface area (Å²) in [7, 11) is 0. The minimum Gasteiger partial charge on any atom is -0.276 e. The lowest BCUT2D eigenvalue weighted by atomic mass is 10.1. The highest BCUT2D eigenvalue weighted by Gasteiger charge is 2.23. The Kier molecular flexibility index (Phi) is 4.24. The fourth-order valence-electron chi connectivity index (χ4n) is 5.99. The van der Waals surface area contributed by atoms with Crippen LogP contribution in [0.25, 0.3) is 78.3 Å². The highest BCUT2D eigenvalue weighted by Crippen LogP contribution is 2.40. The molecule has 0 saturated heterocycles. The van der Waals surface area contributed by atoms with E-state index in [4.69, 9.17) is 19.9 Å². The van der Waals surface area contributed by atoms with Crippen LogP contribution < -0.4 is 0 Å². The molecule has 0 fully saturated rings. The van der Waals surface area contributed by atoms with Crippen molar-refractivity contribution in [3.8, 4) is 34.2 Å². The standard InChI is InChI=1S/C34H20N6/c1-3-11-21(12-4-1)31-36-32(22-13-5-2-6-14-22)38-33(37-31)25-17-9-15-23-24-16-10-20-28-30(24)40(29(23)25)34-35-26-18-7-8-19-27(26)39(28)34/h1-20H. The maximum absolute atomic E-state index is 5.09. The van der Waals surface area contributed by atoms with Gasteiger partial charge in [0.1, 0.15) is 0 Å². The first-order valence-corrected chi connectivity index (χ1v) is 13.3. The minimum atomic E-state index is 0.633. The summed E-state index contributed by atoms with van der Waals surface area (Å²) in [4.78, 5) is 20.1. The van der Waals surface area contributed by atoms with Crippen LogP contribution in [0.3, 0.4) is 0 Å². The van der Waals surface area contributed by atoms with E-state index < -0.39 is 0 Å². The van der Waals surface area contributed by atoms with Crippen LogP contribution in [0, 0.1) is 0 Å². The van der Waals surface area contributed by atoms with Crippen molar-refractivity contribution in [1.29, 1.82) is 0 Å². The van der Waals surface area contributed by atoms with E-state index in [1.54, 1.807) is 0 Å². The first-order valence-electron chi connectivity index (χ1n) is 13.3. The van der Waals surface area contributed by atoms with Gasteiger partial charge in [0.15, 0.2) is 17.5 Å². The van der Waals surface area contributed by atoms with E-state index in [0.29, 0.717) is 17.5 Å². The zero-order valence-corrected chi connectivity index (χ0v) is 21.2. The van der Waals surface area contributed by atoms with Gasteiger partial charge in [0, 0.05) is 27.5 Å². The van der Waals surface area contributed by atoms with Crippen molar-refractivity contribution in [1.82, 2.24) is 28.7 Å². The Morgan fingerprint density at radius 3 is 1.70 bits per heavy atom. The molecule has 0 N–H and O–H groups in total. The molecule has 9 aromatic rings. The predicted octanol–water partition coefficient (Wildman–Crippen LogP) is 7.67. The topological polar surface area (TPSA) is 60.4 Å². The van der Waals surface area contributed by atoms with Crippen molar-refractivity contribution in [3.05, 3.63) is 121 Å². The van der Waals surface area contributed by atoms with Crippen LogP contribution in [0.5, 0.6) is 0 Å². The van der Waals surface area contributed by atoms with Crippen molar-refractivity contribution in [2.45, 2.75) is 0 Å². The van der Waals surface area contributed by atoms with E-state index in [-0.39, 0.29) is 0 Å². The second-order valence-corrected chi connectivity index (χ2v) is 9.98. The first-order chi connectivity index (χ1) is 19.8. The van der Waals surface area contributed by atoms with Gasteiger partial charge in [0.2, 0.25) is 5.78 Å². The van der Waals surface area contributed by atoms with E-state index >= 15 is 0 Å². The number of rotatable bonds is 3. The lowest BCUT2D eigenvalue weighted by molar-refractivity contribution is 1.07. The van der Waals surface area contributed by atoms with Gasteiger partial charge < -0.3 is 0 Å². The van der Waals surface area contributed by atoms with Gasteiger partial charge in [-0.05, 0) is 24.3 Å². The van der Waals surface area contributed by atoms with Gasteiger partial charge in [-0.25, -0.2) is 19.9 Å². The molecule has 6 heteroatoms. The molecular weight excluding hydrogens is 492 g/mol. The molecule has 0 amide bonds. The Morgan fingerprint density at radius 2 is 0.975 bits per heavy atom. The van der Waals surface area contributed by atoms with Gasteiger partial charge in [-0.3, -0.25) is 8.80 Å². The Balaban J connectivity index is 1.43. The third-order valence-corrected chi connectivity index (χ3v) is 7.71. The molecule has 4 heterocycles. The maximum atomic E-state index is 5.09. The Morgan fingerprint density at radius 1 is 0.400 bits per heavy atom. The van der Waals surface area contributed by atoms with Crippen LogP contribution in [-0.2, 0) is 0 Å². The Bertz CT molecular complexity index is 2310. The Labute approximate surface area is 228 Å². The van der Waals surface area contributed by atoms with Crippen LogP contribution >= 0.6 is 0 Å². The van der Waals surface area contributed by atoms with Crippen molar-refractivity contribution in [2.75, 3.05) is 0 Å². The zero-order valence-electron chi connectivity index (χ0n) is 21.2. The monoisotopic (exact) mass is 512 g/mol. The smallest absolute Gasteiger partial charge is 0.220 e. The summed E-state index contributed by atoms with van der Waals surface area (Å²) in [6.07, 6.45) is 0. The average Bonchev–Trinajstić information content (AvgIpc) is 3.68. The maximum Gasteiger partial charge on any atom is 0.220 e. The lowest BCUT2D eigenvalue weighted by Gasteiger charge is -2.09. The number of hydrogen-bond acceptors (Lipinski definition) is 4. The summed E-state index contributed by atoms with van der Waals surface area (Å²) >= 11 is 0. The zero-order chi connectivity index (χ0) is 26.2. The van der Waals surface area contributed by atoms with Gasteiger partial charge in [-0.2, -0.15) is 0 Å². The van der Waals surface area contributed by atoms with Crippen molar-refractivity contribution in [2.24, 2.45) is 0 Å². The molecule has 5 aromatic carbocycles. The lowest BCUT2D eigenvalue weighted by Crippen LogP contribution is -2.01. The van der Waals surface area contributed by atoms with Gasteiger partial charge >= 0.3 is 0 Å². The van der Waals surface area contributed by atoms with E-state index in [2.05, 4.69) is 63.4 Å². The third-order valence-electron chi connectivity index (χ3n) is 7.71. The predicted molar refractivity (Wildman–Crippen MR) is 160 cm³/mol. The van der Waals surface area contributed by atoms with Crippen molar-refractivity contribution in [3.63, 3.8) is 0 Å². The number of benzene rings is 5. The molecule has 0 aliphatic carbocycles. The number of nitrogens with zero attached hydrogens (tertiary/aromatic N) is 6. The normalized spacial score (nSPS) is 12.0. The highest BCUT2D eigenvalue weighted by atomic mass is 15.2. The number of fused-ring (bicyclic) bond motifs is 8. The number of aromatic nitrogens is 6. The molecule has 0 spiro atoms. The fraction of sp³-hybridized carbons (Fsp3) is 0. The largest absolute Gasteiger partial charge is 0.276 e. The van der Waals surface area contributed by atoms with Crippen LogP contribution in [0.15, 0.2) is 121 Å². The van der Waals surface area contributed by atoms with Crippen LogP contribution in [0.2, 0.25) is 0 Å². The molecule has 0 aliphatic rings. The molecule has 0 saturated carbocycles. The second kappa shape index (κ2) is 7.94. The minimum absolute atomic E-state index is 0.633. The molecule has 4 aromatic heterocycles. The Hall–Kier alpha value is -5.62. The molecule has 40 heavy (non-hydrogen) atoms. The van der Waals surface area contributed by atoms with Crippen LogP contribution in [0.4, 0.5) is 0 Å². The van der Waals surface area contributed by atoms with Crippen molar-refractivity contribution < 1.29 is 0 Å². The van der Waals surface area contributed by atoms with Crippen LogP contribution in [-0.4, -0.2) is 28.7 Å². The van der Waals surface area contributed by atoms with Gasteiger partial charge in [-0.15, -0.1) is 0 Å². The molecule has 186 valence electrons. The third kappa shape index (κ3) is 2.87. The number of para-hydroxylation sites is 4. The van der Waals surface area contributed by atoms with E-state index in [9.17, 15) is 0 Å². The molecule has 6 nitrogen and oxygen atoms in total. The highest BCUT2D eigenvalue weighted by molar-refractivity contribution is 6.18. The first kappa shape index (κ1) is 21.3. The van der Waals surface area contributed by atoms with Crippen LogP contribution in [0.1, 0.15) is 0 Å². The molecule has 0 atom stereocenters. The molecule has 0 radical (unpaired) electrons. The second-order valence-electron chi connectivity index (χ2n) is 9.98. The average molecular weight is 513 g/mol. The van der Waals surface area contributed by atoms with E-state index in [0.717, 1.165) is 55.4 Å². The number of hydrogen-bond donors (Lipinski definition) is 0. The number of imidazole rings is 2.